The van der Waals surface area contributed by atoms with Gasteiger partial charge in [-0.25, -0.2) is 8.42 Å². The van der Waals surface area contributed by atoms with Gasteiger partial charge >= 0.3 is 0 Å². The van der Waals surface area contributed by atoms with E-state index in [-0.39, 0.29) is 17.6 Å². The Hall–Kier alpha value is -2.94. The number of para-hydroxylation sites is 1. The predicted molar refractivity (Wildman–Crippen MR) is 130 cm³/mol. The van der Waals surface area contributed by atoms with Crippen molar-refractivity contribution >= 4 is 21.6 Å². The third kappa shape index (κ3) is 4.66. The summed E-state index contributed by atoms with van der Waals surface area (Å²) in [5, 5.41) is 3.10. The van der Waals surface area contributed by atoms with E-state index in [1.807, 2.05) is 24.3 Å². The quantitative estimate of drug-likeness (QED) is 0.637. The average molecular weight is 489 g/mol. The number of nitrogens with one attached hydrogen (secondary N) is 1. The van der Waals surface area contributed by atoms with Crippen LogP contribution in [-0.2, 0) is 14.8 Å². The lowest BCUT2D eigenvalue weighted by Crippen LogP contribution is -2.51. The molecule has 0 bridgehead atoms. The zero-order chi connectivity index (χ0) is 24.5. The maximum Gasteiger partial charge on any atom is 0.244 e. The van der Waals surface area contributed by atoms with Crippen LogP contribution in [0.2, 0.25) is 0 Å². The summed E-state index contributed by atoms with van der Waals surface area (Å²) in [6, 6.07) is 11.3. The fourth-order valence-corrected chi connectivity index (χ4v) is 5.87. The van der Waals surface area contributed by atoms with Gasteiger partial charge in [0.05, 0.1) is 18.0 Å². The molecule has 0 saturated heterocycles. The zero-order valence-corrected chi connectivity index (χ0v) is 20.9. The number of benzene rings is 2. The number of fused-ring (bicyclic) bond motifs is 2. The van der Waals surface area contributed by atoms with Crippen LogP contribution >= 0.6 is 0 Å². The van der Waals surface area contributed by atoms with Crippen molar-refractivity contribution in [3.05, 3.63) is 48.0 Å². The van der Waals surface area contributed by atoms with Gasteiger partial charge in [0.2, 0.25) is 15.9 Å². The van der Waals surface area contributed by atoms with Crippen molar-refractivity contribution in [2.45, 2.75) is 57.7 Å². The van der Waals surface area contributed by atoms with E-state index in [9.17, 15) is 13.2 Å². The van der Waals surface area contributed by atoms with Gasteiger partial charge in [0.25, 0.3) is 0 Å². The molecular weight excluding hydrogens is 456 g/mol. The molecule has 0 radical (unpaired) electrons. The third-order valence-electron chi connectivity index (χ3n) is 6.67. The fraction of sp³-hybridized carbons (Fsp3) is 0.480. The number of hydrogen-bond acceptors (Lipinski definition) is 6. The van der Waals surface area contributed by atoms with Crippen LogP contribution in [0.4, 0.5) is 5.69 Å². The first kappa shape index (κ1) is 24.2. The number of rotatable bonds is 7. The molecule has 2 aliphatic rings. The second-order valence-electron chi connectivity index (χ2n) is 8.86. The minimum atomic E-state index is -3.77. The molecule has 0 spiro atoms. The fourth-order valence-electron chi connectivity index (χ4n) is 4.70. The maximum atomic E-state index is 13.4. The second-order valence-corrected chi connectivity index (χ2v) is 10.7. The van der Waals surface area contributed by atoms with Gasteiger partial charge in [-0.2, -0.15) is 0 Å². The van der Waals surface area contributed by atoms with Crippen molar-refractivity contribution in [2.75, 3.05) is 23.8 Å². The summed E-state index contributed by atoms with van der Waals surface area (Å²) in [5.74, 6) is 1.37. The Labute approximate surface area is 201 Å². The minimum Gasteiger partial charge on any atom is -0.487 e. The van der Waals surface area contributed by atoms with Gasteiger partial charge in [-0.1, -0.05) is 32.0 Å². The van der Waals surface area contributed by atoms with E-state index in [1.54, 1.807) is 25.1 Å². The molecule has 2 heterocycles. The molecule has 0 fully saturated rings. The van der Waals surface area contributed by atoms with Crippen molar-refractivity contribution in [3.63, 3.8) is 0 Å². The molecule has 0 aromatic heterocycles. The normalized spacial score (nSPS) is 19.4. The number of anilines is 1. The van der Waals surface area contributed by atoms with E-state index in [0.29, 0.717) is 36.8 Å². The minimum absolute atomic E-state index is 0.290. The van der Waals surface area contributed by atoms with E-state index in [0.717, 1.165) is 34.7 Å². The van der Waals surface area contributed by atoms with E-state index in [4.69, 9.17) is 14.2 Å². The van der Waals surface area contributed by atoms with Crippen LogP contribution in [0.15, 0.2) is 42.5 Å². The van der Waals surface area contributed by atoms with E-state index >= 15 is 0 Å². The molecule has 2 atom stereocenters. The van der Waals surface area contributed by atoms with Gasteiger partial charge in [-0.3, -0.25) is 9.10 Å². The van der Waals surface area contributed by atoms with Crippen molar-refractivity contribution in [2.24, 2.45) is 0 Å². The summed E-state index contributed by atoms with van der Waals surface area (Å²) in [7, 11) is -3.77. The lowest BCUT2D eigenvalue weighted by molar-refractivity contribution is -0.123. The van der Waals surface area contributed by atoms with Crippen LogP contribution in [0.3, 0.4) is 0 Å². The number of carbonyl (C=O) groups is 1. The van der Waals surface area contributed by atoms with Gasteiger partial charge in [0.15, 0.2) is 11.5 Å². The molecule has 0 saturated carbocycles. The van der Waals surface area contributed by atoms with Crippen LogP contribution in [0, 0.1) is 0 Å². The van der Waals surface area contributed by atoms with Crippen molar-refractivity contribution in [1.82, 2.24) is 5.32 Å². The van der Waals surface area contributed by atoms with Crippen LogP contribution in [0.25, 0.3) is 0 Å². The SMILES string of the molecule is CCC1(CC)C[C@H](NC(=O)[C@H](C)N(c2ccc3c(c2)OCCO3)S(C)(=O)=O)c2ccccc2O1. The van der Waals surface area contributed by atoms with Gasteiger partial charge in [0, 0.05) is 18.1 Å². The van der Waals surface area contributed by atoms with Crippen molar-refractivity contribution in [3.8, 4) is 17.2 Å². The Morgan fingerprint density at radius 3 is 2.44 bits per heavy atom. The van der Waals surface area contributed by atoms with Gasteiger partial charge in [-0.05, 0) is 38.0 Å². The lowest BCUT2D eigenvalue weighted by Gasteiger charge is -2.42. The number of nitrogens with zero attached hydrogens (tertiary/aromatic N) is 1. The number of carbonyl (C=O) groups excluding carboxylic acids is 1. The molecule has 0 aliphatic carbocycles. The van der Waals surface area contributed by atoms with Crippen molar-refractivity contribution in [1.29, 1.82) is 0 Å². The summed E-state index contributed by atoms with van der Waals surface area (Å²) in [5.41, 5.74) is 0.853. The first-order valence-electron chi connectivity index (χ1n) is 11.6. The molecule has 9 heteroatoms. The third-order valence-corrected chi connectivity index (χ3v) is 7.91. The molecule has 1 N–H and O–H groups in total. The van der Waals surface area contributed by atoms with Crippen LogP contribution in [0.1, 0.15) is 51.6 Å². The summed E-state index contributed by atoms with van der Waals surface area (Å²) < 4.78 is 44.2. The molecule has 34 heavy (non-hydrogen) atoms. The molecule has 184 valence electrons. The molecule has 0 unspecified atom stereocenters. The van der Waals surface area contributed by atoms with Crippen molar-refractivity contribution < 1.29 is 27.4 Å². The van der Waals surface area contributed by atoms with E-state index in [1.165, 1.54) is 0 Å². The Bertz CT molecular complexity index is 1160. The van der Waals surface area contributed by atoms with Gasteiger partial charge in [-0.15, -0.1) is 0 Å². The topological polar surface area (TPSA) is 94.2 Å². The molecule has 2 aromatic rings. The van der Waals surface area contributed by atoms with E-state index in [2.05, 4.69) is 19.2 Å². The largest absolute Gasteiger partial charge is 0.487 e. The Morgan fingerprint density at radius 1 is 1.09 bits per heavy atom. The molecular formula is C25H32N2O6S. The highest BCUT2D eigenvalue weighted by atomic mass is 32.2. The highest BCUT2D eigenvalue weighted by Crippen LogP contribution is 2.43. The molecule has 8 nitrogen and oxygen atoms in total. The zero-order valence-electron chi connectivity index (χ0n) is 20.0. The Balaban J connectivity index is 1.62. The van der Waals surface area contributed by atoms with Crippen LogP contribution in [0.5, 0.6) is 17.2 Å². The summed E-state index contributed by atoms with van der Waals surface area (Å²) >= 11 is 0. The molecule has 2 aliphatic heterocycles. The standard InChI is InChI=1S/C25H32N2O6S/c1-5-25(6-2)16-20(19-9-7-8-10-21(19)33-25)26-24(28)17(3)27(34(4,29)30)18-11-12-22-23(15-18)32-14-13-31-22/h7-12,15,17,20H,5-6,13-14,16H2,1-4H3,(H,26,28)/t17-,20-/m0/s1. The first-order valence-corrected chi connectivity index (χ1v) is 13.5. The second kappa shape index (κ2) is 9.37. The number of sulfonamides is 1. The highest BCUT2D eigenvalue weighted by Gasteiger charge is 2.40. The number of ether oxygens (including phenoxy) is 3. The first-order chi connectivity index (χ1) is 16.2. The average Bonchev–Trinajstić information content (AvgIpc) is 2.83. The van der Waals surface area contributed by atoms with E-state index < -0.39 is 16.1 Å². The summed E-state index contributed by atoms with van der Waals surface area (Å²) in [4.78, 5) is 13.4. The number of amides is 1. The number of hydrogen-bond donors (Lipinski definition) is 1. The Kier molecular flexibility index (Phi) is 6.66. The molecule has 1 amide bonds. The monoisotopic (exact) mass is 488 g/mol. The highest BCUT2D eigenvalue weighted by molar-refractivity contribution is 7.92. The van der Waals surface area contributed by atoms with Gasteiger partial charge < -0.3 is 19.5 Å². The van der Waals surface area contributed by atoms with Crippen LogP contribution < -0.4 is 23.8 Å². The molecule has 4 rings (SSSR count). The molecule has 2 aromatic carbocycles. The van der Waals surface area contributed by atoms with Crippen LogP contribution in [-0.4, -0.2) is 45.4 Å². The van der Waals surface area contributed by atoms with Gasteiger partial charge in [0.1, 0.15) is 30.6 Å². The summed E-state index contributed by atoms with van der Waals surface area (Å²) in [6.45, 7) is 6.55. The predicted octanol–water partition coefficient (Wildman–Crippen LogP) is 3.81. The maximum absolute atomic E-state index is 13.4. The smallest absolute Gasteiger partial charge is 0.244 e. The Morgan fingerprint density at radius 2 is 1.76 bits per heavy atom. The lowest BCUT2D eigenvalue weighted by atomic mass is 9.83. The summed E-state index contributed by atoms with van der Waals surface area (Å²) in [6.07, 6.45) is 3.30.